The predicted molar refractivity (Wildman–Crippen MR) is 77.9 cm³/mol. The van der Waals surface area contributed by atoms with E-state index in [2.05, 4.69) is 0 Å². The summed E-state index contributed by atoms with van der Waals surface area (Å²) >= 11 is 0. The van der Waals surface area contributed by atoms with Crippen molar-refractivity contribution < 1.29 is 28.4 Å². The van der Waals surface area contributed by atoms with Gasteiger partial charge in [0.15, 0.2) is 12.4 Å². The van der Waals surface area contributed by atoms with Crippen LogP contribution in [0.4, 0.5) is 4.79 Å². The van der Waals surface area contributed by atoms with Crippen LogP contribution < -0.4 is 10.3 Å². The summed E-state index contributed by atoms with van der Waals surface area (Å²) in [5.41, 5.74) is 5.53. The lowest BCUT2D eigenvalue weighted by Gasteiger charge is -2.30. The number of rotatable bonds is 4. The number of likely N-dealkylation sites (tertiary alicyclic amines) is 1. The van der Waals surface area contributed by atoms with Gasteiger partial charge in [-0.05, 0) is 12.8 Å². The van der Waals surface area contributed by atoms with Gasteiger partial charge in [-0.25, -0.2) is 4.79 Å². The molecule has 1 aliphatic heterocycles. The fourth-order valence-corrected chi connectivity index (χ4v) is 2.43. The van der Waals surface area contributed by atoms with Gasteiger partial charge in [0.2, 0.25) is 5.91 Å². The summed E-state index contributed by atoms with van der Waals surface area (Å²) < 4.78 is 11.5. The van der Waals surface area contributed by atoms with Crippen LogP contribution in [0.2, 0.25) is 0 Å². The Balaban J connectivity index is 1.86. The number of carbonyl (C=O) groups is 3. The quantitative estimate of drug-likeness (QED) is 0.623. The second-order valence-corrected chi connectivity index (χ2v) is 5.31. The number of aromatic nitrogens is 1. The van der Waals surface area contributed by atoms with E-state index in [0.717, 1.165) is 6.42 Å². The Morgan fingerprint density at radius 1 is 1.35 bits per heavy atom. The maximum Gasteiger partial charge on any atom is 0.414 e. The van der Waals surface area contributed by atoms with Crippen molar-refractivity contribution in [3.05, 3.63) is 30.1 Å². The summed E-state index contributed by atoms with van der Waals surface area (Å²) in [5, 5.41) is 0. The Kier molecular flexibility index (Phi) is 5.51. The van der Waals surface area contributed by atoms with Gasteiger partial charge in [-0.1, -0.05) is 0 Å². The van der Waals surface area contributed by atoms with Crippen molar-refractivity contribution in [3.8, 4) is 0 Å². The third kappa shape index (κ3) is 4.41. The zero-order chi connectivity index (χ0) is 16.8. The summed E-state index contributed by atoms with van der Waals surface area (Å²) in [7, 11) is 1.34. The number of methoxy groups -OCH3 is 1. The zero-order valence-electron chi connectivity index (χ0n) is 12.9. The molecule has 2 N–H and O–H groups in total. The first-order valence-corrected chi connectivity index (χ1v) is 7.29. The Hall–Kier alpha value is -2.64. The summed E-state index contributed by atoms with van der Waals surface area (Å²) in [5.74, 6) is -1.13. The van der Waals surface area contributed by atoms with Crippen molar-refractivity contribution in [3.63, 3.8) is 0 Å². The van der Waals surface area contributed by atoms with E-state index >= 15 is 0 Å². The second kappa shape index (κ2) is 7.57. The molecule has 0 spiro atoms. The molecule has 124 valence electrons. The largest absolute Gasteiger partial charge is 0.469 e. The number of pyridine rings is 1. The van der Waals surface area contributed by atoms with E-state index in [9.17, 15) is 14.4 Å². The first-order chi connectivity index (χ1) is 11.0. The van der Waals surface area contributed by atoms with Gasteiger partial charge in [-0.15, -0.1) is 0 Å². The van der Waals surface area contributed by atoms with Crippen LogP contribution in [0.15, 0.2) is 24.5 Å². The lowest BCUT2D eigenvalue weighted by Crippen LogP contribution is -2.45. The standard InChI is InChI=1S/C15H19N3O5/c1-22-14(20)12-3-2-6-18(9-12)15(21)23-10-17-7-4-11(5-8-17)13(16)19/h4-5,7-8,12H,2-3,6,9-10H2,1H3,(H-,16,19)/p+1. The van der Waals surface area contributed by atoms with Crippen LogP contribution in [-0.2, 0) is 21.0 Å². The lowest BCUT2D eigenvalue weighted by molar-refractivity contribution is -0.727. The van der Waals surface area contributed by atoms with E-state index in [1.807, 2.05) is 0 Å². The van der Waals surface area contributed by atoms with Gasteiger partial charge in [-0.3, -0.25) is 9.59 Å². The third-order valence-corrected chi connectivity index (χ3v) is 3.73. The molecule has 1 saturated heterocycles. The van der Waals surface area contributed by atoms with Crippen molar-refractivity contribution in [1.82, 2.24) is 4.90 Å². The van der Waals surface area contributed by atoms with Crippen molar-refractivity contribution in [2.45, 2.75) is 19.6 Å². The lowest BCUT2D eigenvalue weighted by atomic mass is 9.99. The normalized spacial score (nSPS) is 17.4. The molecule has 1 fully saturated rings. The monoisotopic (exact) mass is 322 g/mol. The Morgan fingerprint density at radius 3 is 2.65 bits per heavy atom. The molecule has 1 unspecified atom stereocenters. The molecular weight excluding hydrogens is 302 g/mol. The highest BCUT2D eigenvalue weighted by atomic mass is 16.6. The molecule has 2 amide bonds. The third-order valence-electron chi connectivity index (χ3n) is 3.73. The molecule has 0 aromatic carbocycles. The summed E-state index contributed by atoms with van der Waals surface area (Å²) in [6, 6.07) is 3.09. The number of piperidine rings is 1. The van der Waals surface area contributed by atoms with Gasteiger partial charge in [0.05, 0.1) is 18.6 Å². The van der Waals surface area contributed by atoms with Crippen molar-refractivity contribution in [1.29, 1.82) is 0 Å². The highest BCUT2D eigenvalue weighted by molar-refractivity contribution is 5.92. The van der Waals surface area contributed by atoms with Crippen LogP contribution in [-0.4, -0.2) is 43.1 Å². The van der Waals surface area contributed by atoms with E-state index in [0.29, 0.717) is 25.1 Å². The maximum atomic E-state index is 12.1. The maximum absolute atomic E-state index is 12.1. The van der Waals surface area contributed by atoms with Crippen LogP contribution in [0.5, 0.6) is 0 Å². The van der Waals surface area contributed by atoms with Gasteiger partial charge in [0.1, 0.15) is 0 Å². The van der Waals surface area contributed by atoms with Crippen LogP contribution in [0.1, 0.15) is 23.2 Å². The molecule has 1 aliphatic rings. The van der Waals surface area contributed by atoms with E-state index in [1.54, 1.807) is 29.1 Å². The second-order valence-electron chi connectivity index (χ2n) is 5.31. The van der Waals surface area contributed by atoms with E-state index in [-0.39, 0.29) is 18.6 Å². The summed E-state index contributed by atoms with van der Waals surface area (Å²) in [4.78, 5) is 36.1. The molecule has 1 atom stereocenters. The van der Waals surface area contributed by atoms with Gasteiger partial charge >= 0.3 is 12.1 Å². The van der Waals surface area contributed by atoms with Crippen LogP contribution in [0.3, 0.4) is 0 Å². The van der Waals surface area contributed by atoms with Gasteiger partial charge < -0.3 is 20.1 Å². The predicted octanol–water partition coefficient (Wildman–Crippen LogP) is 0.0521. The first-order valence-electron chi connectivity index (χ1n) is 7.29. The molecule has 1 aromatic heterocycles. The van der Waals surface area contributed by atoms with Gasteiger partial charge in [-0.2, -0.15) is 4.57 Å². The molecule has 0 radical (unpaired) electrons. The number of carbonyl (C=O) groups excluding carboxylic acids is 3. The van der Waals surface area contributed by atoms with Crippen molar-refractivity contribution in [2.24, 2.45) is 11.7 Å². The minimum atomic E-state index is -0.517. The average molecular weight is 322 g/mol. The smallest absolute Gasteiger partial charge is 0.414 e. The number of hydrogen-bond acceptors (Lipinski definition) is 5. The van der Waals surface area contributed by atoms with Crippen LogP contribution >= 0.6 is 0 Å². The molecule has 23 heavy (non-hydrogen) atoms. The number of hydrogen-bond donors (Lipinski definition) is 1. The number of nitrogens with two attached hydrogens (primary N) is 1. The fraction of sp³-hybridized carbons (Fsp3) is 0.467. The average Bonchev–Trinajstić information content (AvgIpc) is 2.59. The van der Waals surface area contributed by atoms with Gasteiger partial charge in [0, 0.05) is 25.2 Å². The number of ether oxygens (including phenoxy) is 2. The van der Waals surface area contributed by atoms with E-state index in [4.69, 9.17) is 15.2 Å². The SMILES string of the molecule is COC(=O)C1CCCN(C(=O)OC[n+]2ccc(C(N)=O)cc2)C1. The Morgan fingerprint density at radius 2 is 2.04 bits per heavy atom. The number of nitrogens with zero attached hydrogens (tertiary/aromatic N) is 2. The molecule has 0 aliphatic carbocycles. The Bertz CT molecular complexity index is 587. The minimum Gasteiger partial charge on any atom is -0.469 e. The minimum absolute atomic E-state index is 0.0112. The number of esters is 1. The van der Waals surface area contributed by atoms with E-state index < -0.39 is 12.0 Å². The topological polar surface area (TPSA) is 103 Å². The van der Waals surface area contributed by atoms with Crippen molar-refractivity contribution >= 4 is 18.0 Å². The number of primary amides is 1. The zero-order valence-corrected chi connectivity index (χ0v) is 12.9. The molecule has 2 rings (SSSR count). The highest BCUT2D eigenvalue weighted by Gasteiger charge is 2.30. The molecule has 8 heteroatoms. The molecule has 0 bridgehead atoms. The molecular formula is C15H20N3O5+. The summed E-state index contributed by atoms with van der Waals surface area (Å²) in [6.07, 6.45) is 4.15. The van der Waals surface area contributed by atoms with Crippen LogP contribution in [0.25, 0.3) is 0 Å². The first kappa shape index (κ1) is 16.7. The van der Waals surface area contributed by atoms with Gasteiger partial charge in [0.25, 0.3) is 6.73 Å². The summed E-state index contributed by atoms with van der Waals surface area (Å²) in [6.45, 7) is 0.867. The fourth-order valence-electron chi connectivity index (χ4n) is 2.43. The molecule has 2 heterocycles. The molecule has 1 aromatic rings. The highest BCUT2D eigenvalue weighted by Crippen LogP contribution is 2.18. The van der Waals surface area contributed by atoms with E-state index in [1.165, 1.54) is 12.0 Å². The molecule has 0 saturated carbocycles. The Labute approximate surface area is 133 Å². The molecule has 8 nitrogen and oxygen atoms in total. The number of amides is 2. The van der Waals surface area contributed by atoms with Crippen molar-refractivity contribution in [2.75, 3.05) is 20.2 Å². The van der Waals surface area contributed by atoms with Crippen LogP contribution in [0, 0.1) is 5.92 Å².